The van der Waals surface area contributed by atoms with Gasteiger partial charge in [0.25, 0.3) is 5.91 Å². The molecular weight excluding hydrogens is 400 g/mol. The molecule has 2 aliphatic heterocycles. The lowest BCUT2D eigenvalue weighted by atomic mass is 9.95. The summed E-state index contributed by atoms with van der Waals surface area (Å²) in [6, 6.07) is 16.7. The van der Waals surface area contributed by atoms with Crippen molar-refractivity contribution < 1.29 is 14.3 Å². The number of rotatable bonds is 4. The van der Waals surface area contributed by atoms with Crippen LogP contribution in [0.25, 0.3) is 22.0 Å². The van der Waals surface area contributed by atoms with Crippen molar-refractivity contribution in [1.29, 1.82) is 0 Å². The summed E-state index contributed by atoms with van der Waals surface area (Å²) in [5, 5.41) is 1.16. The summed E-state index contributed by atoms with van der Waals surface area (Å²) >= 11 is 0. The van der Waals surface area contributed by atoms with Crippen LogP contribution in [0, 0.1) is 12.8 Å². The average molecular weight is 431 g/mol. The highest BCUT2D eigenvalue weighted by atomic mass is 16.5. The molecule has 1 amide bonds. The zero-order chi connectivity index (χ0) is 22.1. The summed E-state index contributed by atoms with van der Waals surface area (Å²) in [4.78, 5) is 19.2. The van der Waals surface area contributed by atoms with Crippen LogP contribution in [0.15, 0.2) is 54.7 Å². The molecule has 0 bridgehead atoms. The fourth-order valence-corrected chi connectivity index (χ4v) is 4.97. The van der Waals surface area contributed by atoms with Gasteiger partial charge in [0.2, 0.25) is 0 Å². The largest absolute Gasteiger partial charge is 0.490 e. The standard InChI is InChI=1S/C27H30N2O3/c1-18-17-29(27(30)25-6-4-16-31-25)15-13-24(18)32-22-10-7-20(8-11-22)23-12-9-21-5-3-14-28-26(21)19(23)2/h3,5,7-12,14,18,24-25H,4,6,13,15-17H2,1-2H3. The van der Waals surface area contributed by atoms with Crippen molar-refractivity contribution in [3.8, 4) is 16.9 Å². The van der Waals surface area contributed by atoms with Gasteiger partial charge in [0, 0.05) is 43.6 Å². The van der Waals surface area contributed by atoms with Crippen LogP contribution in [0.5, 0.6) is 5.75 Å². The second kappa shape index (κ2) is 8.91. The first-order valence-electron chi connectivity index (χ1n) is 11.6. The third kappa shape index (κ3) is 4.09. The number of hydrogen-bond donors (Lipinski definition) is 0. The highest BCUT2D eigenvalue weighted by molar-refractivity contribution is 5.88. The molecular formula is C27H30N2O3. The Morgan fingerprint density at radius 3 is 2.72 bits per heavy atom. The molecule has 0 N–H and O–H groups in total. The monoisotopic (exact) mass is 430 g/mol. The third-order valence-corrected chi connectivity index (χ3v) is 6.82. The fraction of sp³-hybridized carbons (Fsp3) is 0.407. The van der Waals surface area contributed by atoms with E-state index < -0.39 is 0 Å². The van der Waals surface area contributed by atoms with Crippen molar-refractivity contribution in [1.82, 2.24) is 9.88 Å². The lowest BCUT2D eigenvalue weighted by Crippen LogP contribution is -2.49. The van der Waals surface area contributed by atoms with Gasteiger partial charge < -0.3 is 14.4 Å². The Labute approximate surface area is 189 Å². The lowest BCUT2D eigenvalue weighted by Gasteiger charge is -2.37. The molecule has 2 fully saturated rings. The van der Waals surface area contributed by atoms with Crippen LogP contribution < -0.4 is 4.74 Å². The Balaban J connectivity index is 1.24. The Morgan fingerprint density at radius 2 is 1.97 bits per heavy atom. The minimum Gasteiger partial charge on any atom is -0.490 e. The van der Waals surface area contributed by atoms with E-state index in [1.165, 1.54) is 11.1 Å². The number of amides is 1. The van der Waals surface area contributed by atoms with Crippen LogP contribution in [0.3, 0.4) is 0 Å². The van der Waals surface area contributed by atoms with Crippen molar-refractivity contribution in [2.75, 3.05) is 19.7 Å². The van der Waals surface area contributed by atoms with Gasteiger partial charge in [-0.15, -0.1) is 0 Å². The number of carbonyl (C=O) groups is 1. The second-order valence-corrected chi connectivity index (χ2v) is 9.05. The molecule has 3 unspecified atom stereocenters. The van der Waals surface area contributed by atoms with Crippen LogP contribution in [0.4, 0.5) is 0 Å². The average Bonchev–Trinajstić information content (AvgIpc) is 3.36. The van der Waals surface area contributed by atoms with Crippen LogP contribution in [0.2, 0.25) is 0 Å². The van der Waals surface area contributed by atoms with Gasteiger partial charge >= 0.3 is 0 Å². The lowest BCUT2D eigenvalue weighted by molar-refractivity contribution is -0.144. The molecule has 2 saturated heterocycles. The molecule has 32 heavy (non-hydrogen) atoms. The maximum Gasteiger partial charge on any atom is 0.251 e. The van der Waals surface area contributed by atoms with Gasteiger partial charge in [0.1, 0.15) is 18.0 Å². The van der Waals surface area contributed by atoms with E-state index in [2.05, 4.69) is 49.2 Å². The first kappa shape index (κ1) is 21.0. The molecule has 5 rings (SSSR count). The van der Waals surface area contributed by atoms with E-state index in [9.17, 15) is 4.79 Å². The van der Waals surface area contributed by atoms with Crippen molar-refractivity contribution in [3.05, 3.63) is 60.3 Å². The topological polar surface area (TPSA) is 51.7 Å². The van der Waals surface area contributed by atoms with E-state index in [0.717, 1.165) is 54.6 Å². The van der Waals surface area contributed by atoms with Gasteiger partial charge in [-0.25, -0.2) is 0 Å². The van der Waals surface area contributed by atoms with E-state index >= 15 is 0 Å². The smallest absolute Gasteiger partial charge is 0.251 e. The Bertz CT molecular complexity index is 1110. The number of nitrogens with zero attached hydrogens (tertiary/aromatic N) is 2. The van der Waals surface area contributed by atoms with Crippen LogP contribution in [0.1, 0.15) is 31.7 Å². The minimum absolute atomic E-state index is 0.112. The van der Waals surface area contributed by atoms with Crippen molar-refractivity contribution in [3.63, 3.8) is 0 Å². The van der Waals surface area contributed by atoms with Crippen molar-refractivity contribution >= 4 is 16.8 Å². The molecule has 1 aromatic heterocycles. The highest BCUT2D eigenvalue weighted by Crippen LogP contribution is 2.31. The van der Waals surface area contributed by atoms with Gasteiger partial charge in [-0.05, 0) is 54.7 Å². The SMILES string of the molecule is Cc1c(-c2ccc(OC3CCN(C(=O)C4CCCO4)CC3C)cc2)ccc2cccnc12. The molecule has 0 radical (unpaired) electrons. The maximum atomic E-state index is 12.6. The van der Waals surface area contributed by atoms with Gasteiger partial charge in [-0.2, -0.15) is 0 Å². The third-order valence-electron chi connectivity index (χ3n) is 6.82. The van der Waals surface area contributed by atoms with Crippen LogP contribution in [-0.2, 0) is 9.53 Å². The normalized spacial score (nSPS) is 23.4. The molecule has 0 saturated carbocycles. The summed E-state index contributed by atoms with van der Waals surface area (Å²) in [6.07, 6.45) is 4.40. The number of piperidine rings is 1. The number of ether oxygens (including phenoxy) is 2. The predicted octanol–water partition coefficient (Wildman–Crippen LogP) is 5.01. The van der Waals surface area contributed by atoms with Gasteiger partial charge in [-0.3, -0.25) is 9.78 Å². The second-order valence-electron chi connectivity index (χ2n) is 9.05. The van der Waals surface area contributed by atoms with Gasteiger partial charge in [0.15, 0.2) is 0 Å². The molecule has 5 nitrogen and oxygen atoms in total. The van der Waals surface area contributed by atoms with Crippen molar-refractivity contribution in [2.45, 2.75) is 45.3 Å². The van der Waals surface area contributed by atoms with E-state index in [1.807, 2.05) is 29.3 Å². The molecule has 3 aromatic rings. The Kier molecular flexibility index (Phi) is 5.83. The Morgan fingerprint density at radius 1 is 1.12 bits per heavy atom. The fourth-order valence-electron chi connectivity index (χ4n) is 4.97. The summed E-state index contributed by atoms with van der Waals surface area (Å²) in [6.45, 7) is 6.46. The number of aryl methyl sites for hydroxylation is 1. The van der Waals surface area contributed by atoms with Gasteiger partial charge in [0.05, 0.1) is 5.52 Å². The highest BCUT2D eigenvalue weighted by Gasteiger charge is 2.34. The minimum atomic E-state index is -0.235. The first-order chi connectivity index (χ1) is 15.6. The van der Waals surface area contributed by atoms with E-state index in [-0.39, 0.29) is 24.0 Å². The molecule has 0 spiro atoms. The molecule has 3 atom stereocenters. The van der Waals surface area contributed by atoms with E-state index in [4.69, 9.17) is 9.47 Å². The molecule has 2 aromatic carbocycles. The van der Waals surface area contributed by atoms with E-state index in [1.54, 1.807) is 0 Å². The zero-order valence-electron chi connectivity index (χ0n) is 18.8. The Hall–Kier alpha value is -2.92. The van der Waals surface area contributed by atoms with E-state index in [0.29, 0.717) is 6.61 Å². The quantitative estimate of drug-likeness (QED) is 0.584. The summed E-state index contributed by atoms with van der Waals surface area (Å²) in [5.41, 5.74) is 4.58. The maximum absolute atomic E-state index is 12.6. The number of aromatic nitrogens is 1. The number of hydrogen-bond acceptors (Lipinski definition) is 4. The number of fused-ring (bicyclic) bond motifs is 1. The number of carbonyl (C=O) groups excluding carboxylic acids is 1. The van der Waals surface area contributed by atoms with Crippen molar-refractivity contribution in [2.24, 2.45) is 5.92 Å². The summed E-state index contributed by atoms with van der Waals surface area (Å²) in [5.74, 6) is 1.31. The number of likely N-dealkylation sites (tertiary alicyclic amines) is 1. The number of pyridine rings is 1. The molecule has 2 aliphatic rings. The molecule has 166 valence electrons. The molecule has 5 heteroatoms. The van der Waals surface area contributed by atoms with Crippen LogP contribution in [-0.4, -0.2) is 47.7 Å². The number of benzene rings is 2. The zero-order valence-corrected chi connectivity index (χ0v) is 18.8. The molecule has 3 heterocycles. The summed E-state index contributed by atoms with van der Waals surface area (Å²) < 4.78 is 11.9. The first-order valence-corrected chi connectivity index (χ1v) is 11.6. The molecule has 0 aliphatic carbocycles. The predicted molar refractivity (Wildman–Crippen MR) is 126 cm³/mol. The van der Waals surface area contributed by atoms with Crippen LogP contribution >= 0.6 is 0 Å². The summed E-state index contributed by atoms with van der Waals surface area (Å²) in [7, 11) is 0. The van der Waals surface area contributed by atoms with Gasteiger partial charge in [-0.1, -0.05) is 37.3 Å².